The van der Waals surface area contributed by atoms with Crippen molar-refractivity contribution in [3.8, 4) is 17.1 Å². The van der Waals surface area contributed by atoms with E-state index in [-0.39, 0.29) is 0 Å². The minimum Gasteiger partial charge on any atom is -0.307 e. The minimum absolute atomic E-state index is 0.510. The van der Waals surface area contributed by atoms with Crippen LogP contribution in [0.1, 0.15) is 0 Å². The quantitative estimate of drug-likeness (QED) is 0.189. The highest BCUT2D eigenvalue weighted by atomic mass is 15.1. The molecule has 12 rings (SSSR count). The molecule has 0 radical (unpaired) electrons. The monoisotopic (exact) mass is 636 g/mol. The van der Waals surface area contributed by atoms with Gasteiger partial charge in [0.15, 0.2) is 17.1 Å². The normalized spacial score (nSPS) is 12.4. The maximum atomic E-state index is 5.27. The van der Waals surface area contributed by atoms with Gasteiger partial charge in [0.1, 0.15) is 5.69 Å². The van der Waals surface area contributed by atoms with Crippen LogP contribution in [0.4, 0.5) is 0 Å². The second-order valence-electron chi connectivity index (χ2n) is 13.0. The van der Waals surface area contributed by atoms with E-state index < -0.39 is 0 Å². The molecule has 0 spiro atoms. The van der Waals surface area contributed by atoms with Crippen LogP contribution in [0.25, 0.3) is 110 Å². The summed E-state index contributed by atoms with van der Waals surface area (Å²) in [6, 6.07) is 47.9. The first-order chi connectivity index (χ1) is 24.8. The standard InChI is InChI=1S/C44H24N6/c1-2-12-26(13-3-1)37-44(48-43-42(47-37)45-23-24-46-43)49-34-20-9-8-17-32(34)36-40(49)29-16-7-6-15-28(29)35-33-19-10-18-30-31-22-21-25-11-4-5-14-27(25)38(31)50(39(30)33)41(35)36/h1-24H. The van der Waals surface area contributed by atoms with Gasteiger partial charge < -0.3 is 4.40 Å². The Morgan fingerprint density at radius 1 is 0.400 bits per heavy atom. The van der Waals surface area contributed by atoms with E-state index in [2.05, 4.69) is 134 Å². The average Bonchev–Trinajstić information content (AvgIpc) is 3.83. The van der Waals surface area contributed by atoms with Gasteiger partial charge in [0, 0.05) is 61.0 Å². The molecule has 0 unspecified atom stereocenters. The number of benzene rings is 7. The lowest BCUT2D eigenvalue weighted by atomic mass is 9.98. The van der Waals surface area contributed by atoms with Gasteiger partial charge in [-0.05, 0) is 16.8 Å². The van der Waals surface area contributed by atoms with Gasteiger partial charge in [-0.2, -0.15) is 0 Å². The largest absolute Gasteiger partial charge is 0.307 e. The molecule has 6 heteroatoms. The zero-order valence-corrected chi connectivity index (χ0v) is 26.5. The Balaban J connectivity index is 1.40. The molecular weight excluding hydrogens is 613 g/mol. The van der Waals surface area contributed by atoms with Crippen molar-refractivity contribution in [2.24, 2.45) is 0 Å². The second kappa shape index (κ2) is 9.36. The van der Waals surface area contributed by atoms with Gasteiger partial charge in [0.2, 0.25) is 0 Å². The molecule has 0 aliphatic heterocycles. The fourth-order valence-corrected chi connectivity index (χ4v) is 8.60. The molecule has 0 fully saturated rings. The van der Waals surface area contributed by atoms with Gasteiger partial charge in [0.25, 0.3) is 0 Å². The van der Waals surface area contributed by atoms with Crippen LogP contribution in [0.15, 0.2) is 146 Å². The zero-order chi connectivity index (χ0) is 32.5. The number of aromatic nitrogens is 6. The Labute approximate surface area is 283 Å². The van der Waals surface area contributed by atoms with E-state index in [1.165, 1.54) is 59.6 Å². The lowest BCUT2D eigenvalue weighted by Gasteiger charge is -2.14. The maximum Gasteiger partial charge on any atom is 0.199 e. The SMILES string of the molecule is c1ccc(-c2nc3nccnc3nc2-n2c3ccccc3c3c2c2ccccc2c2c4cccc5c6ccc7ccccc7c6n(c54)c23)cc1. The molecule has 0 aliphatic carbocycles. The van der Waals surface area contributed by atoms with Crippen LogP contribution in [-0.4, -0.2) is 28.9 Å². The van der Waals surface area contributed by atoms with Crippen LogP contribution in [0, 0.1) is 0 Å². The second-order valence-corrected chi connectivity index (χ2v) is 13.0. The minimum atomic E-state index is 0.510. The highest BCUT2D eigenvalue weighted by Gasteiger charge is 2.27. The molecular formula is C44H24N6. The molecule has 7 aromatic carbocycles. The van der Waals surface area contributed by atoms with Crippen molar-refractivity contribution in [2.75, 3.05) is 0 Å². The van der Waals surface area contributed by atoms with Crippen LogP contribution in [-0.2, 0) is 0 Å². The van der Waals surface area contributed by atoms with Gasteiger partial charge in [-0.25, -0.2) is 19.9 Å². The first kappa shape index (κ1) is 26.1. The van der Waals surface area contributed by atoms with E-state index in [1.54, 1.807) is 12.4 Å². The number of hydrogen-bond donors (Lipinski definition) is 0. The van der Waals surface area contributed by atoms with Crippen molar-refractivity contribution < 1.29 is 0 Å². The third-order valence-electron chi connectivity index (χ3n) is 10.5. The van der Waals surface area contributed by atoms with Crippen molar-refractivity contribution >= 4 is 92.7 Å². The smallest absolute Gasteiger partial charge is 0.199 e. The fourth-order valence-electron chi connectivity index (χ4n) is 8.60. The van der Waals surface area contributed by atoms with E-state index in [0.717, 1.165) is 38.9 Å². The topological polar surface area (TPSA) is 60.9 Å². The van der Waals surface area contributed by atoms with E-state index in [4.69, 9.17) is 9.97 Å². The molecule has 12 aromatic rings. The lowest BCUT2D eigenvalue weighted by molar-refractivity contribution is 1.05. The van der Waals surface area contributed by atoms with Gasteiger partial charge >= 0.3 is 0 Å². The van der Waals surface area contributed by atoms with Crippen LogP contribution >= 0.6 is 0 Å². The molecule has 50 heavy (non-hydrogen) atoms. The maximum absolute atomic E-state index is 5.27. The Hall–Kier alpha value is -6.92. The van der Waals surface area contributed by atoms with E-state index >= 15 is 0 Å². The number of fused-ring (bicyclic) bond motifs is 16. The number of para-hydroxylation sites is 2. The fraction of sp³-hybridized carbons (Fsp3) is 0. The summed E-state index contributed by atoms with van der Waals surface area (Å²) in [7, 11) is 0. The summed E-state index contributed by atoms with van der Waals surface area (Å²) in [6.07, 6.45) is 3.35. The van der Waals surface area contributed by atoms with Gasteiger partial charge in [0.05, 0.1) is 27.6 Å². The van der Waals surface area contributed by atoms with Crippen molar-refractivity contribution in [1.82, 2.24) is 28.9 Å². The van der Waals surface area contributed by atoms with Gasteiger partial charge in [-0.15, -0.1) is 0 Å². The summed E-state index contributed by atoms with van der Waals surface area (Å²) in [5.74, 6) is 0.726. The van der Waals surface area contributed by atoms with Crippen LogP contribution in [0.3, 0.4) is 0 Å². The third-order valence-corrected chi connectivity index (χ3v) is 10.5. The molecule has 230 valence electrons. The highest BCUT2D eigenvalue weighted by Crippen LogP contribution is 2.49. The highest BCUT2D eigenvalue weighted by molar-refractivity contribution is 6.40. The summed E-state index contributed by atoms with van der Waals surface area (Å²) in [6.45, 7) is 0. The van der Waals surface area contributed by atoms with Gasteiger partial charge in [-0.1, -0.05) is 127 Å². The predicted molar refractivity (Wildman–Crippen MR) is 205 cm³/mol. The lowest BCUT2D eigenvalue weighted by Crippen LogP contribution is -2.05. The van der Waals surface area contributed by atoms with Crippen molar-refractivity contribution in [3.05, 3.63) is 146 Å². The first-order valence-electron chi connectivity index (χ1n) is 16.8. The number of hydrogen-bond acceptors (Lipinski definition) is 4. The Morgan fingerprint density at radius 2 is 1.02 bits per heavy atom. The Morgan fingerprint density at radius 3 is 1.88 bits per heavy atom. The third kappa shape index (κ3) is 3.18. The Kier molecular flexibility index (Phi) is 4.89. The van der Waals surface area contributed by atoms with Gasteiger partial charge in [-0.3, -0.25) is 4.57 Å². The van der Waals surface area contributed by atoms with Crippen molar-refractivity contribution in [1.29, 1.82) is 0 Å². The van der Waals surface area contributed by atoms with Crippen LogP contribution in [0.2, 0.25) is 0 Å². The summed E-state index contributed by atoms with van der Waals surface area (Å²) in [4.78, 5) is 19.6. The molecule has 5 aromatic heterocycles. The average molecular weight is 637 g/mol. The molecule has 0 bridgehead atoms. The molecule has 5 heterocycles. The number of rotatable bonds is 2. The summed E-state index contributed by atoms with van der Waals surface area (Å²) in [5, 5.41) is 12.3. The molecule has 0 saturated carbocycles. The van der Waals surface area contributed by atoms with E-state index in [1.807, 2.05) is 18.2 Å². The van der Waals surface area contributed by atoms with Crippen molar-refractivity contribution in [3.63, 3.8) is 0 Å². The summed E-state index contributed by atoms with van der Waals surface area (Å²) in [5.41, 5.74) is 8.62. The first-order valence-corrected chi connectivity index (χ1v) is 16.8. The zero-order valence-electron chi connectivity index (χ0n) is 26.5. The van der Waals surface area contributed by atoms with Crippen molar-refractivity contribution in [2.45, 2.75) is 0 Å². The van der Waals surface area contributed by atoms with Crippen LogP contribution < -0.4 is 0 Å². The van der Waals surface area contributed by atoms with E-state index in [9.17, 15) is 0 Å². The molecule has 0 saturated heterocycles. The molecule has 0 amide bonds. The Bertz CT molecular complexity index is 3370. The summed E-state index contributed by atoms with van der Waals surface area (Å²) < 4.78 is 4.87. The number of nitrogens with zero attached hydrogens (tertiary/aromatic N) is 6. The summed E-state index contributed by atoms with van der Waals surface area (Å²) >= 11 is 0. The van der Waals surface area contributed by atoms with Crippen LogP contribution in [0.5, 0.6) is 0 Å². The predicted octanol–water partition coefficient (Wildman–Crippen LogP) is 10.6. The molecule has 0 N–H and O–H groups in total. The molecule has 0 aliphatic rings. The molecule has 0 atom stereocenters. The molecule has 6 nitrogen and oxygen atoms in total. The van der Waals surface area contributed by atoms with E-state index in [0.29, 0.717) is 11.3 Å².